The maximum Gasteiger partial charge on any atom is 0.108 e. The minimum absolute atomic E-state index is 0.176. The van der Waals surface area contributed by atoms with Gasteiger partial charge in [-0.15, -0.1) is 12.3 Å². The minimum atomic E-state index is -0.571. The van der Waals surface area contributed by atoms with Gasteiger partial charge in [-0.25, -0.2) is 8.78 Å². The zero-order chi connectivity index (χ0) is 16.5. The van der Waals surface area contributed by atoms with Crippen molar-refractivity contribution >= 4 is 0 Å². The SMILES string of the molecule is C#CC.CCCC(CO)CN(C)CC/C(F)=C\C=C/CF. The third-order valence-corrected chi connectivity index (χ3v) is 2.76. The summed E-state index contributed by atoms with van der Waals surface area (Å²) < 4.78 is 25.0. The van der Waals surface area contributed by atoms with Crippen LogP contribution < -0.4 is 0 Å². The zero-order valence-corrected chi connectivity index (χ0v) is 13.5. The van der Waals surface area contributed by atoms with Crippen LogP contribution in [0.3, 0.4) is 0 Å². The van der Waals surface area contributed by atoms with Crippen LogP contribution in [0.4, 0.5) is 8.78 Å². The van der Waals surface area contributed by atoms with Crippen molar-refractivity contribution < 1.29 is 13.9 Å². The van der Waals surface area contributed by atoms with Crippen LogP contribution in [0.15, 0.2) is 24.1 Å². The van der Waals surface area contributed by atoms with Crippen molar-refractivity contribution in [2.75, 3.05) is 33.4 Å². The molecule has 0 radical (unpaired) electrons. The van der Waals surface area contributed by atoms with E-state index in [4.69, 9.17) is 5.11 Å². The second kappa shape index (κ2) is 16.9. The molecule has 1 atom stereocenters. The van der Waals surface area contributed by atoms with Crippen molar-refractivity contribution in [1.82, 2.24) is 4.90 Å². The van der Waals surface area contributed by atoms with Crippen molar-refractivity contribution in [2.24, 2.45) is 5.92 Å². The third kappa shape index (κ3) is 16.8. The minimum Gasteiger partial charge on any atom is -0.396 e. The number of terminal acetylenes is 1. The van der Waals surface area contributed by atoms with Crippen LogP contribution in [-0.2, 0) is 0 Å². The van der Waals surface area contributed by atoms with Crippen LogP contribution in [0.25, 0.3) is 0 Å². The first-order chi connectivity index (χ1) is 10.0. The lowest BCUT2D eigenvalue weighted by Crippen LogP contribution is -2.28. The summed E-state index contributed by atoms with van der Waals surface area (Å²) in [6.45, 7) is 4.72. The van der Waals surface area contributed by atoms with E-state index in [-0.39, 0.29) is 18.4 Å². The smallest absolute Gasteiger partial charge is 0.108 e. The number of halogens is 2. The normalized spacial score (nSPS) is 13.0. The molecule has 0 saturated heterocycles. The van der Waals surface area contributed by atoms with E-state index in [1.807, 2.05) is 11.9 Å². The topological polar surface area (TPSA) is 23.5 Å². The molecule has 1 unspecified atom stereocenters. The standard InChI is InChI=1S/C14H25F2NO.C3H4/c1-3-6-13(12-18)11-17(2)10-8-14(16)7-4-5-9-15;1-3-2/h4-5,7,13,18H,3,6,8-12H2,1-2H3;1H,2H3/b5-4-,14-7+;. The molecule has 0 fully saturated rings. The van der Waals surface area contributed by atoms with E-state index in [1.54, 1.807) is 6.92 Å². The van der Waals surface area contributed by atoms with Crippen LogP contribution in [-0.4, -0.2) is 43.4 Å². The molecule has 21 heavy (non-hydrogen) atoms. The fourth-order valence-corrected chi connectivity index (χ4v) is 1.79. The van der Waals surface area contributed by atoms with Gasteiger partial charge in [0.1, 0.15) is 12.5 Å². The Morgan fingerprint density at radius 2 is 2.10 bits per heavy atom. The van der Waals surface area contributed by atoms with Crippen LogP contribution >= 0.6 is 0 Å². The molecule has 4 heteroatoms. The Kier molecular flexibility index (Phi) is 17.8. The molecule has 0 aliphatic heterocycles. The van der Waals surface area contributed by atoms with Gasteiger partial charge in [-0.2, -0.15) is 0 Å². The number of alkyl halides is 1. The highest BCUT2D eigenvalue weighted by molar-refractivity contribution is 5.07. The summed E-state index contributed by atoms with van der Waals surface area (Å²) in [5, 5.41) is 9.17. The molecule has 0 aromatic carbocycles. The van der Waals surface area contributed by atoms with Gasteiger partial charge in [0.05, 0.1) is 0 Å². The molecule has 0 aromatic heterocycles. The molecule has 122 valence electrons. The largest absolute Gasteiger partial charge is 0.396 e. The van der Waals surface area contributed by atoms with Gasteiger partial charge in [0, 0.05) is 26.1 Å². The summed E-state index contributed by atoms with van der Waals surface area (Å²) in [6.07, 6.45) is 10.9. The molecule has 0 amide bonds. The molecule has 0 bridgehead atoms. The first kappa shape index (κ1) is 22.1. The lowest BCUT2D eigenvalue weighted by atomic mass is 10.0. The molecule has 0 saturated carbocycles. The van der Waals surface area contributed by atoms with Gasteiger partial charge in [0.15, 0.2) is 0 Å². The van der Waals surface area contributed by atoms with Crippen LogP contribution in [0.1, 0.15) is 33.1 Å². The fraction of sp³-hybridized carbons (Fsp3) is 0.647. The number of hydrogen-bond donors (Lipinski definition) is 1. The van der Waals surface area contributed by atoms with E-state index >= 15 is 0 Å². The van der Waals surface area contributed by atoms with Crippen molar-refractivity contribution in [2.45, 2.75) is 33.1 Å². The molecular formula is C17H29F2NO. The van der Waals surface area contributed by atoms with E-state index in [0.717, 1.165) is 19.4 Å². The quantitative estimate of drug-likeness (QED) is 0.491. The van der Waals surface area contributed by atoms with E-state index < -0.39 is 6.67 Å². The molecule has 0 heterocycles. The van der Waals surface area contributed by atoms with Gasteiger partial charge in [0.25, 0.3) is 0 Å². The first-order valence-electron chi connectivity index (χ1n) is 7.29. The predicted molar refractivity (Wildman–Crippen MR) is 86.4 cm³/mol. The predicted octanol–water partition coefficient (Wildman–Crippen LogP) is 3.74. The number of rotatable bonds is 10. The average molecular weight is 301 g/mol. The van der Waals surface area contributed by atoms with Gasteiger partial charge in [-0.1, -0.05) is 25.5 Å². The van der Waals surface area contributed by atoms with Gasteiger partial charge in [-0.05, 0) is 32.4 Å². The molecule has 0 aliphatic carbocycles. The third-order valence-electron chi connectivity index (χ3n) is 2.76. The average Bonchev–Trinajstić information content (AvgIpc) is 2.46. The fourth-order valence-electron chi connectivity index (χ4n) is 1.79. The first-order valence-corrected chi connectivity index (χ1v) is 7.29. The van der Waals surface area contributed by atoms with E-state index in [0.29, 0.717) is 13.0 Å². The van der Waals surface area contributed by atoms with Gasteiger partial charge < -0.3 is 10.0 Å². The number of allylic oxidation sites excluding steroid dienone is 3. The zero-order valence-electron chi connectivity index (χ0n) is 13.5. The second-order valence-corrected chi connectivity index (χ2v) is 4.83. The van der Waals surface area contributed by atoms with Gasteiger partial charge in [-0.3, -0.25) is 0 Å². The molecule has 1 N–H and O–H groups in total. The molecule has 0 rings (SSSR count). The molecule has 2 nitrogen and oxygen atoms in total. The lowest BCUT2D eigenvalue weighted by Gasteiger charge is -2.21. The summed E-state index contributed by atoms with van der Waals surface area (Å²) in [6, 6.07) is 0. The Morgan fingerprint density at radius 1 is 1.48 bits per heavy atom. The van der Waals surface area contributed by atoms with Crippen molar-refractivity contribution in [3.63, 3.8) is 0 Å². The van der Waals surface area contributed by atoms with Crippen molar-refractivity contribution in [3.05, 3.63) is 24.1 Å². The molecule has 0 aromatic rings. The Labute approximate surface area is 128 Å². The molecule has 0 aliphatic rings. The maximum atomic E-state index is 13.3. The highest BCUT2D eigenvalue weighted by Crippen LogP contribution is 2.09. The Bertz CT molecular complexity index is 321. The van der Waals surface area contributed by atoms with E-state index in [2.05, 4.69) is 19.3 Å². The highest BCUT2D eigenvalue weighted by Gasteiger charge is 2.09. The van der Waals surface area contributed by atoms with Gasteiger partial charge in [0.2, 0.25) is 0 Å². The summed E-state index contributed by atoms with van der Waals surface area (Å²) in [4.78, 5) is 2.02. The highest BCUT2D eigenvalue weighted by atomic mass is 19.1. The van der Waals surface area contributed by atoms with Crippen LogP contribution in [0.5, 0.6) is 0 Å². The van der Waals surface area contributed by atoms with Crippen LogP contribution in [0.2, 0.25) is 0 Å². The monoisotopic (exact) mass is 301 g/mol. The maximum absolute atomic E-state index is 13.3. The summed E-state index contributed by atoms with van der Waals surface area (Å²) >= 11 is 0. The summed E-state index contributed by atoms with van der Waals surface area (Å²) in [7, 11) is 1.92. The number of aliphatic hydroxyl groups is 1. The molecular weight excluding hydrogens is 272 g/mol. The van der Waals surface area contributed by atoms with Gasteiger partial charge >= 0.3 is 0 Å². The number of aliphatic hydroxyl groups excluding tert-OH is 1. The Hall–Kier alpha value is -1.18. The lowest BCUT2D eigenvalue weighted by molar-refractivity contribution is 0.171. The number of hydrogen-bond acceptors (Lipinski definition) is 2. The Balaban J connectivity index is 0. The van der Waals surface area contributed by atoms with Crippen LogP contribution in [0, 0.1) is 18.3 Å². The number of nitrogens with zero attached hydrogens (tertiary/aromatic N) is 1. The second-order valence-electron chi connectivity index (χ2n) is 4.83. The summed E-state index contributed by atoms with van der Waals surface area (Å²) in [5.74, 6) is 2.26. The van der Waals surface area contributed by atoms with Crippen molar-refractivity contribution in [3.8, 4) is 12.3 Å². The van der Waals surface area contributed by atoms with E-state index in [9.17, 15) is 8.78 Å². The molecule has 0 spiro atoms. The Morgan fingerprint density at radius 3 is 2.57 bits per heavy atom. The van der Waals surface area contributed by atoms with Crippen molar-refractivity contribution in [1.29, 1.82) is 0 Å². The summed E-state index contributed by atoms with van der Waals surface area (Å²) in [5.41, 5.74) is 0. The van der Waals surface area contributed by atoms with E-state index in [1.165, 1.54) is 18.2 Å².